The first-order chi connectivity index (χ1) is 8.61. The number of hydrogen-bond acceptors (Lipinski definition) is 1. The van der Waals surface area contributed by atoms with E-state index in [9.17, 15) is 4.79 Å². The molecule has 0 unspecified atom stereocenters. The summed E-state index contributed by atoms with van der Waals surface area (Å²) in [4.78, 5) is 14.4. The lowest BCUT2D eigenvalue weighted by Gasteiger charge is -2.37. The molecule has 1 fully saturated rings. The Balaban J connectivity index is 2.21. The number of carbonyl (C=O) groups excluding carboxylic acids is 1. The van der Waals surface area contributed by atoms with Gasteiger partial charge in [0.2, 0.25) is 0 Å². The first-order valence-electron chi connectivity index (χ1n) is 5.95. The molecular formula is C13H14Br2ClNO. The van der Waals surface area contributed by atoms with E-state index in [0.717, 1.165) is 21.8 Å². The van der Waals surface area contributed by atoms with Gasteiger partial charge in [0.15, 0.2) is 0 Å². The summed E-state index contributed by atoms with van der Waals surface area (Å²) in [5.74, 6) is 0.555. The molecule has 0 atom stereocenters. The van der Waals surface area contributed by atoms with Gasteiger partial charge < -0.3 is 4.90 Å². The highest BCUT2D eigenvalue weighted by Gasteiger charge is 2.29. The van der Waals surface area contributed by atoms with Crippen molar-refractivity contribution < 1.29 is 4.79 Å². The number of carbonyl (C=O) groups is 1. The van der Waals surface area contributed by atoms with Crippen molar-refractivity contribution in [1.29, 1.82) is 0 Å². The molecule has 0 heterocycles. The van der Waals surface area contributed by atoms with E-state index in [0.29, 0.717) is 24.0 Å². The Morgan fingerprint density at radius 2 is 1.89 bits per heavy atom. The molecule has 1 aromatic rings. The molecule has 0 aliphatic heterocycles. The maximum atomic E-state index is 12.5. The third kappa shape index (κ3) is 3.28. The summed E-state index contributed by atoms with van der Waals surface area (Å²) in [6, 6.07) is 6.00. The Kier molecular flexibility index (Phi) is 5.10. The van der Waals surface area contributed by atoms with Crippen LogP contribution in [0.25, 0.3) is 0 Å². The van der Waals surface area contributed by atoms with Gasteiger partial charge in [0.05, 0.1) is 0 Å². The number of hydrogen-bond donors (Lipinski definition) is 0. The second-order valence-corrected chi connectivity index (χ2v) is 6.64. The Morgan fingerprint density at radius 1 is 1.28 bits per heavy atom. The molecule has 2 rings (SSSR count). The lowest BCUT2D eigenvalue weighted by Crippen LogP contribution is -2.45. The van der Waals surface area contributed by atoms with E-state index >= 15 is 0 Å². The van der Waals surface area contributed by atoms with Crippen LogP contribution in [0.5, 0.6) is 0 Å². The number of amides is 1. The van der Waals surface area contributed by atoms with Crippen molar-refractivity contribution in [3.05, 3.63) is 32.7 Å². The van der Waals surface area contributed by atoms with Gasteiger partial charge in [-0.15, -0.1) is 11.6 Å². The molecule has 0 spiro atoms. The topological polar surface area (TPSA) is 20.3 Å². The van der Waals surface area contributed by atoms with Crippen LogP contribution in [0.2, 0.25) is 0 Å². The maximum Gasteiger partial charge on any atom is 0.254 e. The normalized spacial score (nSPS) is 15.3. The molecule has 1 saturated carbocycles. The molecule has 1 aliphatic carbocycles. The first kappa shape index (κ1) is 14.4. The van der Waals surface area contributed by atoms with Crippen molar-refractivity contribution in [2.24, 2.45) is 0 Å². The van der Waals surface area contributed by atoms with Crippen molar-refractivity contribution in [1.82, 2.24) is 4.90 Å². The molecule has 1 amide bonds. The highest BCUT2D eigenvalue weighted by Crippen LogP contribution is 2.28. The number of nitrogens with zero attached hydrogens (tertiary/aromatic N) is 1. The largest absolute Gasteiger partial charge is 0.334 e. The van der Waals surface area contributed by atoms with Gasteiger partial charge in [-0.1, -0.05) is 31.9 Å². The monoisotopic (exact) mass is 393 g/mol. The molecule has 5 heteroatoms. The van der Waals surface area contributed by atoms with E-state index in [1.54, 1.807) is 0 Å². The van der Waals surface area contributed by atoms with Crippen LogP contribution in [0.3, 0.4) is 0 Å². The highest BCUT2D eigenvalue weighted by atomic mass is 79.9. The molecule has 0 bridgehead atoms. The Labute approximate surface area is 129 Å². The highest BCUT2D eigenvalue weighted by molar-refractivity contribution is 9.11. The van der Waals surface area contributed by atoms with Crippen molar-refractivity contribution in [2.45, 2.75) is 25.3 Å². The van der Waals surface area contributed by atoms with Gasteiger partial charge in [-0.2, -0.15) is 0 Å². The average Bonchev–Trinajstić information content (AvgIpc) is 2.23. The summed E-state index contributed by atoms with van der Waals surface area (Å²) in [6.07, 6.45) is 3.40. The van der Waals surface area contributed by atoms with Gasteiger partial charge in [-0.25, -0.2) is 0 Å². The van der Waals surface area contributed by atoms with Gasteiger partial charge >= 0.3 is 0 Å². The zero-order valence-electron chi connectivity index (χ0n) is 9.83. The number of alkyl halides is 1. The van der Waals surface area contributed by atoms with E-state index in [4.69, 9.17) is 11.6 Å². The summed E-state index contributed by atoms with van der Waals surface area (Å²) in [6.45, 7) is 0.620. The fourth-order valence-corrected chi connectivity index (χ4v) is 3.56. The number of rotatable bonds is 4. The lowest BCUT2D eigenvalue weighted by atomic mass is 9.91. The van der Waals surface area contributed by atoms with Gasteiger partial charge in [0.25, 0.3) is 5.91 Å². The lowest BCUT2D eigenvalue weighted by molar-refractivity contribution is 0.0598. The molecule has 18 heavy (non-hydrogen) atoms. The summed E-state index contributed by atoms with van der Waals surface area (Å²) < 4.78 is 1.80. The predicted molar refractivity (Wildman–Crippen MR) is 81.2 cm³/mol. The Bertz CT molecular complexity index is 428. The summed E-state index contributed by atoms with van der Waals surface area (Å²) >= 11 is 12.6. The van der Waals surface area contributed by atoms with E-state index in [1.807, 2.05) is 23.1 Å². The summed E-state index contributed by atoms with van der Waals surface area (Å²) in [7, 11) is 0. The molecule has 0 saturated heterocycles. The van der Waals surface area contributed by atoms with Crippen LogP contribution in [0, 0.1) is 0 Å². The number of halogens is 3. The van der Waals surface area contributed by atoms with Crippen LogP contribution >= 0.6 is 43.5 Å². The fourth-order valence-electron chi connectivity index (χ4n) is 2.08. The van der Waals surface area contributed by atoms with Gasteiger partial charge in [0, 0.05) is 33.0 Å². The van der Waals surface area contributed by atoms with E-state index in [1.165, 1.54) is 6.42 Å². The second kappa shape index (κ2) is 6.40. The smallest absolute Gasteiger partial charge is 0.254 e. The zero-order chi connectivity index (χ0) is 13.1. The molecule has 0 aromatic heterocycles. The SMILES string of the molecule is O=C(c1cc(Br)cc(Br)c1)N(CCCl)C1CCC1. The first-order valence-corrected chi connectivity index (χ1v) is 8.07. The fraction of sp³-hybridized carbons (Fsp3) is 0.462. The van der Waals surface area contributed by atoms with Gasteiger partial charge in [-0.05, 0) is 37.5 Å². The van der Waals surface area contributed by atoms with Gasteiger partial charge in [0.1, 0.15) is 0 Å². The van der Waals surface area contributed by atoms with Crippen molar-refractivity contribution in [2.75, 3.05) is 12.4 Å². The minimum atomic E-state index is 0.0716. The molecule has 1 aliphatic rings. The van der Waals surface area contributed by atoms with Crippen LogP contribution < -0.4 is 0 Å². The third-order valence-electron chi connectivity index (χ3n) is 3.21. The van der Waals surface area contributed by atoms with Gasteiger partial charge in [-0.3, -0.25) is 4.79 Å². The van der Waals surface area contributed by atoms with Crippen LogP contribution in [0.15, 0.2) is 27.1 Å². The van der Waals surface area contributed by atoms with Crippen molar-refractivity contribution in [3.8, 4) is 0 Å². The summed E-state index contributed by atoms with van der Waals surface area (Å²) in [5.41, 5.74) is 0.702. The standard InChI is InChI=1S/C13H14Br2ClNO/c14-10-6-9(7-11(15)8-10)13(18)17(5-4-16)12-2-1-3-12/h6-8,12H,1-5H2. The molecule has 1 aromatic carbocycles. The number of benzene rings is 1. The van der Waals surface area contributed by atoms with Crippen molar-refractivity contribution in [3.63, 3.8) is 0 Å². The van der Waals surface area contributed by atoms with Crippen molar-refractivity contribution >= 4 is 49.4 Å². The van der Waals surface area contributed by atoms with E-state index in [-0.39, 0.29) is 5.91 Å². The molecule has 0 N–H and O–H groups in total. The average molecular weight is 396 g/mol. The molecular weight excluding hydrogens is 381 g/mol. The second-order valence-electron chi connectivity index (χ2n) is 4.43. The quantitative estimate of drug-likeness (QED) is 0.690. The zero-order valence-corrected chi connectivity index (χ0v) is 13.8. The van der Waals surface area contributed by atoms with E-state index < -0.39 is 0 Å². The predicted octanol–water partition coefficient (Wildman–Crippen LogP) is 4.45. The summed E-state index contributed by atoms with van der Waals surface area (Å²) in [5, 5.41) is 0. The molecule has 98 valence electrons. The van der Waals surface area contributed by atoms with E-state index in [2.05, 4.69) is 31.9 Å². The van der Waals surface area contributed by atoms with Crippen LogP contribution in [0.4, 0.5) is 0 Å². The van der Waals surface area contributed by atoms with Crippen LogP contribution in [0.1, 0.15) is 29.6 Å². The Morgan fingerprint density at radius 3 is 2.33 bits per heavy atom. The van der Waals surface area contributed by atoms with Crippen LogP contribution in [-0.2, 0) is 0 Å². The third-order valence-corrected chi connectivity index (χ3v) is 4.30. The molecule has 0 radical (unpaired) electrons. The minimum Gasteiger partial charge on any atom is -0.334 e. The maximum absolute atomic E-state index is 12.5. The minimum absolute atomic E-state index is 0.0716. The Hall–Kier alpha value is -0.0600. The molecule has 2 nitrogen and oxygen atoms in total. The van der Waals surface area contributed by atoms with Crippen LogP contribution in [-0.4, -0.2) is 29.3 Å².